The summed E-state index contributed by atoms with van der Waals surface area (Å²) in [4.78, 5) is 0. The van der Waals surface area contributed by atoms with Crippen molar-refractivity contribution in [3.8, 4) is 0 Å². The molecule has 17 heavy (non-hydrogen) atoms. The minimum atomic E-state index is 0.997. The summed E-state index contributed by atoms with van der Waals surface area (Å²) >= 11 is 0. The number of nitrogens with zero attached hydrogens (tertiary/aromatic N) is 1. The average Bonchev–Trinajstić information content (AvgIpc) is 2.34. The Balaban J connectivity index is 2.56. The van der Waals surface area contributed by atoms with E-state index in [0.717, 1.165) is 5.70 Å². The van der Waals surface area contributed by atoms with E-state index in [1.165, 1.54) is 22.4 Å². The van der Waals surface area contributed by atoms with Crippen LogP contribution in [-0.2, 0) is 0 Å². The van der Waals surface area contributed by atoms with Crippen LogP contribution in [0.25, 0.3) is 5.70 Å². The molecule has 0 saturated carbocycles. The van der Waals surface area contributed by atoms with Crippen molar-refractivity contribution < 1.29 is 0 Å². The summed E-state index contributed by atoms with van der Waals surface area (Å²) in [6, 6.07) is 10.4. The van der Waals surface area contributed by atoms with Gasteiger partial charge in [-0.25, -0.2) is 5.43 Å². The van der Waals surface area contributed by atoms with Crippen LogP contribution >= 0.6 is 0 Å². The second-order valence-corrected chi connectivity index (χ2v) is 4.23. The molecule has 1 heterocycles. The first-order valence-electron chi connectivity index (χ1n) is 5.76. The van der Waals surface area contributed by atoms with E-state index in [-0.39, 0.29) is 0 Å². The van der Waals surface area contributed by atoms with Gasteiger partial charge in [0.05, 0.1) is 11.4 Å². The van der Waals surface area contributed by atoms with Gasteiger partial charge in [0.25, 0.3) is 0 Å². The zero-order valence-corrected chi connectivity index (χ0v) is 10.6. The highest BCUT2D eigenvalue weighted by Crippen LogP contribution is 2.32. The Hall–Kier alpha value is -1.80. The number of rotatable bonds is 2. The van der Waals surface area contributed by atoms with Crippen LogP contribution in [0.4, 0.5) is 0 Å². The van der Waals surface area contributed by atoms with Crippen molar-refractivity contribution in [3.63, 3.8) is 0 Å². The van der Waals surface area contributed by atoms with E-state index in [0.29, 0.717) is 0 Å². The molecule has 0 bridgehead atoms. The third-order valence-corrected chi connectivity index (χ3v) is 3.03. The number of allylic oxidation sites excluding steroid dienone is 3. The number of hydrogen-bond acceptors (Lipinski definition) is 2. The van der Waals surface area contributed by atoms with Crippen LogP contribution in [0.3, 0.4) is 0 Å². The van der Waals surface area contributed by atoms with Crippen molar-refractivity contribution in [1.29, 1.82) is 0 Å². The van der Waals surface area contributed by atoms with Gasteiger partial charge in [-0.15, -0.1) is 0 Å². The molecular formula is C15H18N2. The molecule has 1 aromatic rings. The van der Waals surface area contributed by atoms with Gasteiger partial charge in [0.1, 0.15) is 0 Å². The summed E-state index contributed by atoms with van der Waals surface area (Å²) in [5, 5.41) is 2.04. The van der Waals surface area contributed by atoms with E-state index in [1.54, 1.807) is 0 Å². The first kappa shape index (κ1) is 11.7. The molecule has 0 unspecified atom stereocenters. The zero-order valence-electron chi connectivity index (χ0n) is 10.6. The molecule has 88 valence electrons. The predicted octanol–water partition coefficient (Wildman–Crippen LogP) is 3.33. The summed E-state index contributed by atoms with van der Waals surface area (Å²) in [7, 11) is 1.92. The van der Waals surface area contributed by atoms with E-state index in [4.69, 9.17) is 0 Å². The Bertz CT molecular complexity index is 495. The van der Waals surface area contributed by atoms with Gasteiger partial charge in [-0.3, -0.25) is 5.01 Å². The lowest BCUT2D eigenvalue weighted by molar-refractivity contribution is 0.398. The molecule has 2 rings (SSSR count). The van der Waals surface area contributed by atoms with Crippen molar-refractivity contribution >= 4 is 5.70 Å². The summed E-state index contributed by atoms with van der Waals surface area (Å²) in [6.45, 7) is 8.33. The van der Waals surface area contributed by atoms with Crippen molar-refractivity contribution in [1.82, 2.24) is 10.4 Å². The molecule has 1 aliphatic rings. The highest BCUT2D eigenvalue weighted by Gasteiger charge is 2.20. The molecule has 0 atom stereocenters. The molecule has 1 aliphatic heterocycles. The highest BCUT2D eigenvalue weighted by molar-refractivity contribution is 5.73. The summed E-state index contributed by atoms with van der Waals surface area (Å²) in [5.41, 5.74) is 9.00. The normalized spacial score (nSPS) is 16.3. The summed E-state index contributed by atoms with van der Waals surface area (Å²) in [5.74, 6) is 0. The number of hydrogen-bond donors (Lipinski definition) is 1. The molecule has 2 nitrogen and oxygen atoms in total. The molecule has 0 aromatic heterocycles. The molecular weight excluding hydrogens is 208 g/mol. The molecule has 0 amide bonds. The molecule has 0 saturated heterocycles. The first-order chi connectivity index (χ1) is 8.15. The summed E-state index contributed by atoms with van der Waals surface area (Å²) in [6.07, 6.45) is 2.18. The maximum Gasteiger partial charge on any atom is 0.0679 e. The molecule has 0 spiro atoms. The molecule has 1 aromatic carbocycles. The minimum absolute atomic E-state index is 0.997. The van der Waals surface area contributed by atoms with Crippen LogP contribution in [0, 0.1) is 0 Å². The SMILES string of the molecule is C=C1C(C)=CC(C)=C(c2ccccc2)N1NC. The zero-order chi connectivity index (χ0) is 12.4. The van der Waals surface area contributed by atoms with Crippen molar-refractivity contribution in [2.45, 2.75) is 13.8 Å². The van der Waals surface area contributed by atoms with Crippen LogP contribution in [0.15, 0.2) is 59.8 Å². The third kappa shape index (κ3) is 2.04. The van der Waals surface area contributed by atoms with E-state index in [1.807, 2.05) is 18.1 Å². The standard InChI is InChI=1S/C15H18N2/c1-11-10-12(2)15(17(16-4)13(11)3)14-8-6-5-7-9-14/h5-10,16H,3H2,1-2,4H3. The van der Waals surface area contributed by atoms with E-state index in [9.17, 15) is 0 Å². The van der Waals surface area contributed by atoms with Gasteiger partial charge in [-0.1, -0.05) is 43.0 Å². The quantitative estimate of drug-likeness (QED) is 0.832. The molecule has 0 fully saturated rings. The fraction of sp³-hybridized carbons (Fsp3) is 0.200. The maximum absolute atomic E-state index is 4.12. The third-order valence-electron chi connectivity index (χ3n) is 3.03. The van der Waals surface area contributed by atoms with Crippen molar-refractivity contribution in [2.75, 3.05) is 7.05 Å². The van der Waals surface area contributed by atoms with Gasteiger partial charge in [0.2, 0.25) is 0 Å². The number of nitrogens with one attached hydrogen (secondary N) is 1. The Morgan fingerprint density at radius 3 is 2.35 bits per heavy atom. The van der Waals surface area contributed by atoms with Crippen LogP contribution < -0.4 is 5.43 Å². The maximum atomic E-state index is 4.12. The van der Waals surface area contributed by atoms with E-state index in [2.05, 4.69) is 56.2 Å². The highest BCUT2D eigenvalue weighted by atomic mass is 15.5. The van der Waals surface area contributed by atoms with Crippen LogP contribution in [0.5, 0.6) is 0 Å². The lowest BCUT2D eigenvalue weighted by atomic mass is 9.99. The molecule has 1 N–H and O–H groups in total. The lowest BCUT2D eigenvalue weighted by Crippen LogP contribution is -2.35. The largest absolute Gasteiger partial charge is 0.277 e. The van der Waals surface area contributed by atoms with E-state index < -0.39 is 0 Å². The van der Waals surface area contributed by atoms with Crippen LogP contribution in [0.2, 0.25) is 0 Å². The topological polar surface area (TPSA) is 15.3 Å². The average molecular weight is 226 g/mol. The Morgan fingerprint density at radius 1 is 1.12 bits per heavy atom. The van der Waals surface area contributed by atoms with Gasteiger partial charge in [-0.2, -0.15) is 0 Å². The second kappa shape index (κ2) is 4.60. The fourth-order valence-corrected chi connectivity index (χ4v) is 2.16. The van der Waals surface area contributed by atoms with Gasteiger partial charge in [0.15, 0.2) is 0 Å². The molecule has 2 heteroatoms. The van der Waals surface area contributed by atoms with Gasteiger partial charge < -0.3 is 0 Å². The minimum Gasteiger partial charge on any atom is -0.277 e. The van der Waals surface area contributed by atoms with Gasteiger partial charge in [-0.05, 0) is 30.6 Å². The fourth-order valence-electron chi connectivity index (χ4n) is 2.16. The Morgan fingerprint density at radius 2 is 1.76 bits per heavy atom. The monoisotopic (exact) mass is 226 g/mol. The number of benzene rings is 1. The second-order valence-electron chi connectivity index (χ2n) is 4.23. The van der Waals surface area contributed by atoms with Gasteiger partial charge in [0, 0.05) is 7.05 Å². The summed E-state index contributed by atoms with van der Waals surface area (Å²) < 4.78 is 0. The first-order valence-corrected chi connectivity index (χ1v) is 5.76. The molecule has 0 aliphatic carbocycles. The molecule has 0 radical (unpaired) electrons. The smallest absolute Gasteiger partial charge is 0.0679 e. The Kier molecular flexibility index (Phi) is 3.16. The van der Waals surface area contributed by atoms with Crippen molar-refractivity contribution in [3.05, 3.63) is 65.4 Å². The lowest BCUT2D eigenvalue weighted by Gasteiger charge is -2.33. The van der Waals surface area contributed by atoms with Gasteiger partial charge >= 0.3 is 0 Å². The number of hydrazine groups is 1. The van der Waals surface area contributed by atoms with Crippen LogP contribution in [0.1, 0.15) is 19.4 Å². The Labute approximate surface area is 103 Å². The predicted molar refractivity (Wildman–Crippen MR) is 72.8 cm³/mol. The van der Waals surface area contributed by atoms with E-state index >= 15 is 0 Å². The van der Waals surface area contributed by atoms with Crippen LogP contribution in [-0.4, -0.2) is 12.1 Å². The van der Waals surface area contributed by atoms with Crippen molar-refractivity contribution in [2.24, 2.45) is 0 Å².